The maximum absolute atomic E-state index is 11.6. The Bertz CT molecular complexity index is 192. The van der Waals surface area contributed by atoms with E-state index in [-0.39, 0.29) is 24.6 Å². The molecule has 0 aromatic rings. The number of carbonyl (C=O) groups is 1. The summed E-state index contributed by atoms with van der Waals surface area (Å²) in [6.07, 6.45) is 1.25. The summed E-state index contributed by atoms with van der Waals surface area (Å²) in [6, 6.07) is -0.404. The lowest BCUT2D eigenvalue weighted by Gasteiger charge is -2.26. The summed E-state index contributed by atoms with van der Waals surface area (Å²) in [5.41, 5.74) is 5.60. The molecule has 0 aromatic carbocycles. The molecule has 5 heteroatoms. The van der Waals surface area contributed by atoms with Gasteiger partial charge in [-0.2, -0.15) is 0 Å². The van der Waals surface area contributed by atoms with Crippen molar-refractivity contribution in [3.05, 3.63) is 0 Å². The fourth-order valence-corrected chi connectivity index (χ4v) is 1.76. The van der Waals surface area contributed by atoms with E-state index in [0.717, 1.165) is 0 Å². The van der Waals surface area contributed by atoms with Gasteiger partial charge in [-0.25, -0.2) is 0 Å². The van der Waals surface area contributed by atoms with Crippen LogP contribution in [0, 0.1) is 0 Å². The van der Waals surface area contributed by atoms with Crippen LogP contribution in [0.25, 0.3) is 0 Å². The summed E-state index contributed by atoms with van der Waals surface area (Å²) in [7, 11) is 1.59. The molecule has 0 aromatic heterocycles. The molecule has 0 aliphatic carbocycles. The molecular formula is C9H18N2O3. The summed E-state index contributed by atoms with van der Waals surface area (Å²) in [6.45, 7) is 1.19. The first-order valence-corrected chi connectivity index (χ1v) is 4.86. The predicted octanol–water partition coefficient (Wildman–Crippen LogP) is -1.06. The molecule has 3 N–H and O–H groups in total. The van der Waals surface area contributed by atoms with E-state index in [1.165, 1.54) is 0 Å². The van der Waals surface area contributed by atoms with Gasteiger partial charge in [0.1, 0.15) is 0 Å². The lowest BCUT2D eigenvalue weighted by atomic mass is 10.2. The highest BCUT2D eigenvalue weighted by atomic mass is 16.5. The fraction of sp³-hybridized carbons (Fsp3) is 0.889. The van der Waals surface area contributed by atoms with Crippen molar-refractivity contribution in [1.82, 2.24) is 4.90 Å². The molecular weight excluding hydrogens is 184 g/mol. The van der Waals surface area contributed by atoms with Crippen molar-refractivity contribution < 1.29 is 14.6 Å². The number of likely N-dealkylation sites (tertiary alicyclic amines) is 1. The van der Waals surface area contributed by atoms with Gasteiger partial charge < -0.3 is 20.5 Å². The third-order valence-electron chi connectivity index (χ3n) is 2.54. The summed E-state index contributed by atoms with van der Waals surface area (Å²) >= 11 is 0. The minimum Gasteiger partial charge on any atom is -0.396 e. The van der Waals surface area contributed by atoms with E-state index in [1.54, 1.807) is 12.0 Å². The molecule has 1 aliphatic heterocycles. The van der Waals surface area contributed by atoms with Gasteiger partial charge in [-0.1, -0.05) is 0 Å². The summed E-state index contributed by atoms with van der Waals surface area (Å²) in [4.78, 5) is 13.3. The van der Waals surface area contributed by atoms with Gasteiger partial charge in [0.15, 0.2) is 0 Å². The van der Waals surface area contributed by atoms with Crippen LogP contribution in [0.15, 0.2) is 0 Å². The molecule has 5 nitrogen and oxygen atoms in total. The lowest BCUT2D eigenvalue weighted by molar-refractivity contribution is -0.132. The Hall–Kier alpha value is -0.650. The van der Waals surface area contributed by atoms with Gasteiger partial charge in [0.2, 0.25) is 5.91 Å². The third kappa shape index (κ3) is 2.43. The number of carbonyl (C=O) groups excluding carboxylic acids is 1. The lowest BCUT2D eigenvalue weighted by Crippen LogP contribution is -2.43. The third-order valence-corrected chi connectivity index (χ3v) is 2.54. The highest BCUT2D eigenvalue weighted by Gasteiger charge is 2.33. The molecule has 1 amide bonds. The van der Waals surface area contributed by atoms with E-state index in [1.807, 2.05) is 0 Å². The van der Waals surface area contributed by atoms with E-state index in [2.05, 4.69) is 0 Å². The summed E-state index contributed by atoms with van der Waals surface area (Å²) < 4.78 is 5.01. The minimum absolute atomic E-state index is 0.0273. The Morgan fingerprint density at radius 1 is 1.79 bits per heavy atom. The van der Waals surface area contributed by atoms with Crippen LogP contribution in [0.1, 0.15) is 12.8 Å². The van der Waals surface area contributed by atoms with Crippen LogP contribution >= 0.6 is 0 Å². The topological polar surface area (TPSA) is 75.8 Å². The van der Waals surface area contributed by atoms with Crippen LogP contribution in [-0.4, -0.2) is 54.9 Å². The van der Waals surface area contributed by atoms with Gasteiger partial charge >= 0.3 is 0 Å². The maximum atomic E-state index is 11.6. The zero-order valence-electron chi connectivity index (χ0n) is 8.48. The van der Waals surface area contributed by atoms with Gasteiger partial charge in [-0.3, -0.25) is 4.79 Å². The highest BCUT2D eigenvalue weighted by molar-refractivity contribution is 5.84. The Kier molecular flexibility index (Phi) is 4.31. The molecule has 2 unspecified atom stereocenters. The number of aliphatic hydroxyl groups is 1. The van der Waals surface area contributed by atoms with Crippen molar-refractivity contribution in [2.75, 3.05) is 26.9 Å². The van der Waals surface area contributed by atoms with Crippen LogP contribution in [0.3, 0.4) is 0 Å². The SMILES string of the molecule is COCC(CCO)N1CCC(N)C1=O. The van der Waals surface area contributed by atoms with Crippen LogP contribution in [-0.2, 0) is 9.53 Å². The van der Waals surface area contributed by atoms with Crippen LogP contribution in [0.4, 0.5) is 0 Å². The smallest absolute Gasteiger partial charge is 0.239 e. The first-order valence-electron chi connectivity index (χ1n) is 4.86. The molecule has 0 bridgehead atoms. The number of aliphatic hydroxyl groups excluding tert-OH is 1. The molecule has 0 spiro atoms. The van der Waals surface area contributed by atoms with Gasteiger partial charge in [0, 0.05) is 20.3 Å². The van der Waals surface area contributed by atoms with E-state index in [9.17, 15) is 4.79 Å². The number of nitrogens with zero attached hydrogens (tertiary/aromatic N) is 1. The summed E-state index contributed by atoms with van der Waals surface area (Å²) in [5.74, 6) is -0.0273. The Balaban J connectivity index is 2.54. The molecule has 0 saturated carbocycles. The van der Waals surface area contributed by atoms with Gasteiger partial charge in [0.05, 0.1) is 18.7 Å². The van der Waals surface area contributed by atoms with E-state index in [4.69, 9.17) is 15.6 Å². The average Bonchev–Trinajstić information content (AvgIpc) is 2.48. The molecule has 1 rings (SSSR count). The fourth-order valence-electron chi connectivity index (χ4n) is 1.76. The number of nitrogens with two attached hydrogens (primary N) is 1. The number of hydrogen-bond acceptors (Lipinski definition) is 4. The largest absolute Gasteiger partial charge is 0.396 e. The van der Waals surface area contributed by atoms with Crippen molar-refractivity contribution in [1.29, 1.82) is 0 Å². The number of methoxy groups -OCH3 is 1. The average molecular weight is 202 g/mol. The molecule has 1 heterocycles. The molecule has 1 saturated heterocycles. The Labute approximate surface area is 83.8 Å². The molecule has 1 fully saturated rings. The predicted molar refractivity (Wildman–Crippen MR) is 51.7 cm³/mol. The van der Waals surface area contributed by atoms with E-state index >= 15 is 0 Å². The van der Waals surface area contributed by atoms with E-state index < -0.39 is 0 Å². The van der Waals surface area contributed by atoms with Crippen molar-refractivity contribution in [2.24, 2.45) is 5.73 Å². The first-order chi connectivity index (χ1) is 6.70. The number of rotatable bonds is 5. The maximum Gasteiger partial charge on any atom is 0.239 e. The number of hydrogen-bond donors (Lipinski definition) is 2. The van der Waals surface area contributed by atoms with Crippen molar-refractivity contribution in [3.63, 3.8) is 0 Å². The Morgan fingerprint density at radius 3 is 2.93 bits per heavy atom. The van der Waals surface area contributed by atoms with Gasteiger partial charge in [-0.05, 0) is 12.8 Å². The van der Waals surface area contributed by atoms with Crippen molar-refractivity contribution in [2.45, 2.75) is 24.9 Å². The first kappa shape index (κ1) is 11.4. The monoisotopic (exact) mass is 202 g/mol. The molecule has 14 heavy (non-hydrogen) atoms. The normalized spacial score (nSPS) is 24.4. The Morgan fingerprint density at radius 2 is 2.50 bits per heavy atom. The van der Waals surface area contributed by atoms with E-state index in [0.29, 0.717) is 26.0 Å². The van der Waals surface area contributed by atoms with Crippen LogP contribution in [0.2, 0.25) is 0 Å². The quantitative estimate of drug-likeness (QED) is 0.596. The minimum atomic E-state index is -0.368. The second-order valence-electron chi connectivity index (χ2n) is 3.55. The zero-order valence-corrected chi connectivity index (χ0v) is 8.48. The highest BCUT2D eigenvalue weighted by Crippen LogP contribution is 2.15. The number of ether oxygens (including phenoxy) is 1. The molecule has 82 valence electrons. The van der Waals surface area contributed by atoms with Gasteiger partial charge in [-0.15, -0.1) is 0 Å². The van der Waals surface area contributed by atoms with Crippen molar-refractivity contribution >= 4 is 5.91 Å². The standard InChI is InChI=1S/C9H18N2O3/c1-14-6-7(3-5-12)11-4-2-8(10)9(11)13/h7-8,12H,2-6,10H2,1H3. The molecule has 0 radical (unpaired) electrons. The zero-order chi connectivity index (χ0) is 10.6. The number of amides is 1. The summed E-state index contributed by atoms with van der Waals surface area (Å²) in [5, 5.41) is 8.85. The second kappa shape index (κ2) is 5.29. The molecule has 2 atom stereocenters. The van der Waals surface area contributed by atoms with Gasteiger partial charge in [0.25, 0.3) is 0 Å². The van der Waals surface area contributed by atoms with Crippen LogP contribution < -0.4 is 5.73 Å². The second-order valence-corrected chi connectivity index (χ2v) is 3.55. The van der Waals surface area contributed by atoms with Crippen molar-refractivity contribution in [3.8, 4) is 0 Å². The van der Waals surface area contributed by atoms with Crippen LogP contribution in [0.5, 0.6) is 0 Å². The molecule has 1 aliphatic rings.